The summed E-state index contributed by atoms with van der Waals surface area (Å²) < 4.78 is 1.87. The van der Waals surface area contributed by atoms with Gasteiger partial charge in [0.05, 0.1) is 6.20 Å². The average Bonchev–Trinajstić information content (AvgIpc) is 2.90. The lowest BCUT2D eigenvalue weighted by atomic mass is 9.78. The van der Waals surface area contributed by atoms with Gasteiger partial charge in [-0.05, 0) is 49.5 Å². The number of aryl methyl sites for hydroxylation is 2. The second kappa shape index (κ2) is 3.59. The van der Waals surface area contributed by atoms with Gasteiger partial charge in [0.2, 0.25) is 0 Å². The zero-order chi connectivity index (χ0) is 11.2. The van der Waals surface area contributed by atoms with Crippen LogP contribution in [0.3, 0.4) is 0 Å². The Bertz CT molecular complexity index is 384. The minimum atomic E-state index is 0.138. The van der Waals surface area contributed by atoms with E-state index in [1.807, 2.05) is 17.9 Å². The topological polar surface area (TPSA) is 43.8 Å². The Morgan fingerprint density at radius 2 is 2.44 bits per heavy atom. The Kier molecular flexibility index (Phi) is 2.32. The van der Waals surface area contributed by atoms with E-state index in [-0.39, 0.29) is 5.54 Å². The van der Waals surface area contributed by atoms with Crippen LogP contribution in [-0.2, 0) is 13.5 Å². The molecule has 2 fully saturated rings. The Morgan fingerprint density at radius 3 is 3.00 bits per heavy atom. The predicted molar refractivity (Wildman–Crippen MR) is 63.9 cm³/mol. The maximum atomic E-state index is 6.57. The molecule has 16 heavy (non-hydrogen) atoms. The molecule has 88 valence electrons. The van der Waals surface area contributed by atoms with Crippen LogP contribution in [-0.4, -0.2) is 15.3 Å². The van der Waals surface area contributed by atoms with Crippen molar-refractivity contribution < 1.29 is 0 Å². The number of aromatic nitrogens is 2. The second-order valence-electron chi connectivity index (χ2n) is 5.84. The minimum absolute atomic E-state index is 0.138. The fourth-order valence-electron chi connectivity index (χ4n) is 3.77. The van der Waals surface area contributed by atoms with Crippen molar-refractivity contribution in [3.8, 4) is 0 Å². The van der Waals surface area contributed by atoms with E-state index in [0.29, 0.717) is 0 Å². The van der Waals surface area contributed by atoms with E-state index in [4.69, 9.17) is 5.73 Å². The molecule has 0 radical (unpaired) electrons. The van der Waals surface area contributed by atoms with Crippen molar-refractivity contribution in [3.63, 3.8) is 0 Å². The van der Waals surface area contributed by atoms with Gasteiger partial charge >= 0.3 is 0 Å². The fraction of sp³-hybridized carbons (Fsp3) is 0.769. The molecule has 3 rings (SSSR count). The van der Waals surface area contributed by atoms with Crippen molar-refractivity contribution in [2.24, 2.45) is 24.6 Å². The number of nitrogens with two attached hydrogens (primary N) is 1. The van der Waals surface area contributed by atoms with Crippen molar-refractivity contribution in [2.45, 2.75) is 44.1 Å². The Morgan fingerprint density at radius 1 is 1.56 bits per heavy atom. The van der Waals surface area contributed by atoms with Crippen LogP contribution >= 0.6 is 0 Å². The lowest BCUT2D eigenvalue weighted by Gasteiger charge is -2.33. The first kappa shape index (κ1) is 10.3. The van der Waals surface area contributed by atoms with E-state index < -0.39 is 0 Å². The van der Waals surface area contributed by atoms with Gasteiger partial charge < -0.3 is 5.73 Å². The van der Waals surface area contributed by atoms with Crippen molar-refractivity contribution in [1.29, 1.82) is 0 Å². The third-order valence-electron chi connectivity index (χ3n) is 4.66. The summed E-state index contributed by atoms with van der Waals surface area (Å²) in [6.07, 6.45) is 11.8. The van der Waals surface area contributed by atoms with E-state index in [2.05, 4.69) is 11.3 Å². The molecule has 3 atom stereocenters. The highest BCUT2D eigenvalue weighted by Crippen LogP contribution is 2.51. The molecule has 2 aliphatic rings. The van der Waals surface area contributed by atoms with Gasteiger partial charge in [-0.15, -0.1) is 0 Å². The molecule has 3 heteroatoms. The van der Waals surface area contributed by atoms with Crippen LogP contribution in [0.2, 0.25) is 0 Å². The molecule has 2 N–H and O–H groups in total. The normalized spacial score (nSPS) is 37.1. The molecule has 1 heterocycles. The smallest absolute Gasteiger partial charge is 0.0521 e. The van der Waals surface area contributed by atoms with Gasteiger partial charge in [-0.2, -0.15) is 5.10 Å². The maximum Gasteiger partial charge on any atom is 0.0521 e. The standard InChI is InChI=1S/C13H21N3/c1-16-9-11(8-15-16)4-5-13(14)7-10-2-3-12(13)6-10/h8-10,12H,2-7,14H2,1H3. The third kappa shape index (κ3) is 1.67. The van der Waals surface area contributed by atoms with Gasteiger partial charge in [-0.1, -0.05) is 6.42 Å². The molecule has 1 aromatic heterocycles. The highest BCUT2D eigenvalue weighted by molar-refractivity contribution is 5.09. The quantitative estimate of drug-likeness (QED) is 0.843. The summed E-state index contributed by atoms with van der Waals surface area (Å²) in [7, 11) is 1.97. The molecule has 3 unspecified atom stereocenters. The van der Waals surface area contributed by atoms with Crippen molar-refractivity contribution in [1.82, 2.24) is 9.78 Å². The highest BCUT2D eigenvalue weighted by Gasteiger charge is 2.47. The number of rotatable bonds is 3. The lowest BCUT2D eigenvalue weighted by Crippen LogP contribution is -2.45. The molecule has 2 bridgehead atoms. The highest BCUT2D eigenvalue weighted by atomic mass is 15.2. The Labute approximate surface area is 97.0 Å². The van der Waals surface area contributed by atoms with Crippen LogP contribution in [0.15, 0.2) is 12.4 Å². The number of nitrogens with zero attached hydrogens (tertiary/aromatic N) is 2. The van der Waals surface area contributed by atoms with Crippen LogP contribution < -0.4 is 5.73 Å². The van der Waals surface area contributed by atoms with Crippen LogP contribution in [0, 0.1) is 11.8 Å². The number of fused-ring (bicyclic) bond motifs is 2. The first-order valence-corrected chi connectivity index (χ1v) is 6.42. The van der Waals surface area contributed by atoms with Gasteiger partial charge in [-0.25, -0.2) is 0 Å². The van der Waals surface area contributed by atoms with E-state index in [9.17, 15) is 0 Å². The first-order chi connectivity index (χ1) is 7.66. The lowest BCUT2D eigenvalue weighted by molar-refractivity contribution is 0.254. The van der Waals surface area contributed by atoms with Gasteiger partial charge in [0.25, 0.3) is 0 Å². The van der Waals surface area contributed by atoms with Crippen molar-refractivity contribution in [2.75, 3.05) is 0 Å². The summed E-state index contributed by atoms with van der Waals surface area (Å²) in [6.45, 7) is 0. The van der Waals surface area contributed by atoms with Crippen LogP contribution in [0.25, 0.3) is 0 Å². The number of hydrogen-bond donors (Lipinski definition) is 1. The molecule has 0 aliphatic heterocycles. The summed E-state index contributed by atoms with van der Waals surface area (Å²) in [4.78, 5) is 0. The first-order valence-electron chi connectivity index (χ1n) is 6.42. The average molecular weight is 219 g/mol. The monoisotopic (exact) mass is 219 g/mol. The van der Waals surface area contributed by atoms with Crippen molar-refractivity contribution in [3.05, 3.63) is 18.0 Å². The molecule has 0 spiro atoms. The molecular weight excluding hydrogens is 198 g/mol. The molecule has 2 aliphatic carbocycles. The van der Waals surface area contributed by atoms with E-state index in [1.165, 1.54) is 31.2 Å². The maximum absolute atomic E-state index is 6.57. The van der Waals surface area contributed by atoms with Gasteiger partial charge in [0.15, 0.2) is 0 Å². The summed E-state index contributed by atoms with van der Waals surface area (Å²) >= 11 is 0. The van der Waals surface area contributed by atoms with Crippen LogP contribution in [0.4, 0.5) is 0 Å². The Hall–Kier alpha value is -0.830. The molecular formula is C13H21N3. The van der Waals surface area contributed by atoms with Crippen LogP contribution in [0.5, 0.6) is 0 Å². The SMILES string of the molecule is Cn1cc(CCC2(N)CC3CCC2C3)cn1. The van der Waals surface area contributed by atoms with Gasteiger partial charge in [0, 0.05) is 18.8 Å². The number of hydrogen-bond acceptors (Lipinski definition) is 2. The van der Waals surface area contributed by atoms with E-state index >= 15 is 0 Å². The largest absolute Gasteiger partial charge is 0.325 e. The Balaban J connectivity index is 1.63. The predicted octanol–water partition coefficient (Wildman–Crippen LogP) is 1.87. The third-order valence-corrected chi connectivity index (χ3v) is 4.66. The van der Waals surface area contributed by atoms with E-state index in [0.717, 1.165) is 24.7 Å². The van der Waals surface area contributed by atoms with Crippen molar-refractivity contribution >= 4 is 0 Å². The molecule has 0 amide bonds. The second-order valence-corrected chi connectivity index (χ2v) is 5.84. The van der Waals surface area contributed by atoms with E-state index in [1.54, 1.807) is 0 Å². The summed E-state index contributed by atoms with van der Waals surface area (Å²) in [6, 6.07) is 0. The molecule has 1 aromatic rings. The molecule has 3 nitrogen and oxygen atoms in total. The van der Waals surface area contributed by atoms with Gasteiger partial charge in [-0.3, -0.25) is 4.68 Å². The minimum Gasteiger partial charge on any atom is -0.325 e. The summed E-state index contributed by atoms with van der Waals surface area (Å²) in [5, 5.41) is 4.21. The van der Waals surface area contributed by atoms with Crippen LogP contribution in [0.1, 0.15) is 37.7 Å². The molecule has 0 aromatic carbocycles. The molecule has 2 saturated carbocycles. The zero-order valence-electron chi connectivity index (χ0n) is 10.0. The zero-order valence-corrected chi connectivity index (χ0v) is 10.0. The summed E-state index contributed by atoms with van der Waals surface area (Å²) in [5.41, 5.74) is 8.04. The summed E-state index contributed by atoms with van der Waals surface area (Å²) in [5.74, 6) is 1.73. The fourth-order valence-corrected chi connectivity index (χ4v) is 3.77. The van der Waals surface area contributed by atoms with Gasteiger partial charge in [0.1, 0.15) is 0 Å². The molecule has 0 saturated heterocycles.